The summed E-state index contributed by atoms with van der Waals surface area (Å²) in [6.07, 6.45) is 0.147. The number of benzene rings is 2. The Morgan fingerprint density at radius 1 is 1.17 bits per heavy atom. The van der Waals surface area contributed by atoms with E-state index in [0.717, 1.165) is 12.0 Å². The molecule has 3 aromatic rings. The molecule has 188 valence electrons. The summed E-state index contributed by atoms with van der Waals surface area (Å²) in [5.74, 6) is -1.04. The van der Waals surface area contributed by atoms with Crippen molar-refractivity contribution in [3.63, 3.8) is 0 Å². The number of rotatable bonds is 9. The van der Waals surface area contributed by atoms with Crippen molar-refractivity contribution in [2.45, 2.75) is 43.8 Å². The van der Waals surface area contributed by atoms with E-state index in [1.165, 1.54) is 11.6 Å². The first kappa shape index (κ1) is 25.2. The van der Waals surface area contributed by atoms with Crippen molar-refractivity contribution in [3.8, 4) is 11.4 Å². The predicted octanol–water partition coefficient (Wildman–Crippen LogP) is 3.50. The molecule has 3 N–H and O–H groups in total. The zero-order valence-corrected chi connectivity index (χ0v) is 19.5. The normalized spacial score (nSPS) is 18.4. The van der Waals surface area contributed by atoms with Crippen LogP contribution in [0.2, 0.25) is 0 Å². The van der Waals surface area contributed by atoms with Crippen molar-refractivity contribution in [2.75, 3.05) is 6.54 Å². The second-order valence-corrected chi connectivity index (χ2v) is 8.53. The van der Waals surface area contributed by atoms with E-state index < -0.39 is 30.3 Å². The average Bonchev–Trinajstić information content (AvgIpc) is 3.42. The molecule has 8 nitrogen and oxygen atoms in total. The predicted molar refractivity (Wildman–Crippen MR) is 129 cm³/mol. The third-order valence-electron chi connectivity index (χ3n) is 6.11. The van der Waals surface area contributed by atoms with Crippen LogP contribution in [0, 0.1) is 0 Å². The van der Waals surface area contributed by atoms with Crippen LogP contribution in [0.25, 0.3) is 11.4 Å². The number of halogens is 2. The largest absolute Gasteiger partial charge is 0.350 e. The van der Waals surface area contributed by atoms with Crippen LogP contribution in [0.15, 0.2) is 71.8 Å². The molecule has 0 bridgehead atoms. The van der Waals surface area contributed by atoms with E-state index in [4.69, 9.17) is 0 Å². The molecule has 0 saturated carbocycles. The molecule has 2 aromatic carbocycles. The molecule has 2 heterocycles. The van der Waals surface area contributed by atoms with Gasteiger partial charge in [-0.05, 0) is 36.4 Å². The number of nitrogens with zero attached hydrogens (tertiary/aromatic N) is 2. The van der Waals surface area contributed by atoms with Crippen LogP contribution in [-0.4, -0.2) is 40.6 Å². The number of hydrogen-bond donors (Lipinski definition) is 3. The maximum atomic E-state index is 12.9. The second-order valence-electron chi connectivity index (χ2n) is 8.53. The van der Waals surface area contributed by atoms with Gasteiger partial charge in [0, 0.05) is 12.1 Å². The summed E-state index contributed by atoms with van der Waals surface area (Å²) in [4.78, 5) is 29.2. The van der Waals surface area contributed by atoms with E-state index in [1.807, 2.05) is 18.2 Å². The van der Waals surface area contributed by atoms with Gasteiger partial charge in [-0.25, -0.2) is 0 Å². The second kappa shape index (κ2) is 11.7. The zero-order chi connectivity index (χ0) is 25.5. The number of nitrogens with one attached hydrogen (secondary N) is 3. The molecular formula is C26H27F2N5O3. The molecule has 1 saturated heterocycles. The van der Waals surface area contributed by atoms with E-state index in [2.05, 4.69) is 49.3 Å². The van der Waals surface area contributed by atoms with Crippen molar-refractivity contribution in [3.05, 3.63) is 84.3 Å². The topological polar surface area (TPSA) is 109 Å². The van der Waals surface area contributed by atoms with Gasteiger partial charge in [0.25, 0.3) is 5.89 Å². The number of amides is 2. The molecule has 36 heavy (non-hydrogen) atoms. The highest BCUT2D eigenvalue weighted by Gasteiger charge is 2.29. The van der Waals surface area contributed by atoms with Gasteiger partial charge in [-0.3, -0.25) is 9.59 Å². The fourth-order valence-corrected chi connectivity index (χ4v) is 4.14. The van der Waals surface area contributed by atoms with Gasteiger partial charge in [-0.2, -0.15) is 13.8 Å². The SMILES string of the molecule is C=C[C@H](NC(=O)[C@H]1C[C@@H](c2ccccc2)CCN1)C(=O)NCc1ccc(-c2noc(C(F)F)n2)cc1. The number of aromatic nitrogens is 2. The molecule has 3 atom stereocenters. The molecule has 10 heteroatoms. The number of hydrogen-bond acceptors (Lipinski definition) is 6. The molecule has 2 amide bonds. The lowest BCUT2D eigenvalue weighted by Gasteiger charge is -2.30. The lowest BCUT2D eigenvalue weighted by molar-refractivity contribution is -0.129. The van der Waals surface area contributed by atoms with Crippen LogP contribution >= 0.6 is 0 Å². The van der Waals surface area contributed by atoms with Crippen LogP contribution in [-0.2, 0) is 16.1 Å². The van der Waals surface area contributed by atoms with E-state index in [-0.39, 0.29) is 24.2 Å². The number of piperidine rings is 1. The Morgan fingerprint density at radius 3 is 2.58 bits per heavy atom. The Morgan fingerprint density at radius 2 is 1.92 bits per heavy atom. The monoisotopic (exact) mass is 495 g/mol. The summed E-state index contributed by atoms with van der Waals surface area (Å²) < 4.78 is 29.8. The highest BCUT2D eigenvalue weighted by molar-refractivity contribution is 5.91. The van der Waals surface area contributed by atoms with Crippen LogP contribution in [0.1, 0.15) is 42.2 Å². The first-order valence-corrected chi connectivity index (χ1v) is 11.6. The van der Waals surface area contributed by atoms with E-state index in [0.29, 0.717) is 18.5 Å². The lowest BCUT2D eigenvalue weighted by atomic mass is 9.86. The summed E-state index contributed by atoms with van der Waals surface area (Å²) in [7, 11) is 0. The van der Waals surface area contributed by atoms with Crippen molar-refractivity contribution in [1.82, 2.24) is 26.1 Å². The molecule has 0 aliphatic carbocycles. The molecule has 0 unspecified atom stereocenters. The average molecular weight is 496 g/mol. The minimum Gasteiger partial charge on any atom is -0.350 e. The van der Waals surface area contributed by atoms with Gasteiger partial charge in [-0.15, -0.1) is 6.58 Å². The molecule has 4 rings (SSSR count). The van der Waals surface area contributed by atoms with E-state index in [9.17, 15) is 18.4 Å². The van der Waals surface area contributed by atoms with Gasteiger partial charge < -0.3 is 20.5 Å². The lowest BCUT2D eigenvalue weighted by Crippen LogP contribution is -2.53. The van der Waals surface area contributed by atoms with Crippen molar-refractivity contribution in [1.29, 1.82) is 0 Å². The van der Waals surface area contributed by atoms with E-state index in [1.54, 1.807) is 24.3 Å². The summed E-state index contributed by atoms with van der Waals surface area (Å²) in [5, 5.41) is 12.3. The Balaban J connectivity index is 1.29. The fraction of sp³-hybridized carbons (Fsp3) is 0.308. The van der Waals surface area contributed by atoms with Gasteiger partial charge >= 0.3 is 6.43 Å². The Labute approximate surface area is 207 Å². The molecule has 0 spiro atoms. The minimum absolute atomic E-state index is 0.0566. The van der Waals surface area contributed by atoms with E-state index >= 15 is 0 Å². The third-order valence-corrected chi connectivity index (χ3v) is 6.11. The summed E-state index contributed by atoms with van der Waals surface area (Å²) in [6, 6.07) is 15.5. The quantitative estimate of drug-likeness (QED) is 0.392. The molecule has 0 radical (unpaired) electrons. The fourth-order valence-electron chi connectivity index (χ4n) is 4.14. The van der Waals surface area contributed by atoms with Gasteiger partial charge in [0.15, 0.2) is 0 Å². The van der Waals surface area contributed by atoms with Crippen LogP contribution in [0.5, 0.6) is 0 Å². The van der Waals surface area contributed by atoms with Gasteiger partial charge in [0.2, 0.25) is 17.6 Å². The maximum Gasteiger partial charge on any atom is 0.315 e. The van der Waals surface area contributed by atoms with Gasteiger partial charge in [0.05, 0.1) is 6.04 Å². The molecule has 1 aliphatic rings. The molecular weight excluding hydrogens is 468 g/mol. The number of alkyl halides is 2. The highest BCUT2D eigenvalue weighted by Crippen LogP contribution is 2.27. The summed E-state index contributed by atoms with van der Waals surface area (Å²) in [5.41, 5.74) is 2.47. The summed E-state index contributed by atoms with van der Waals surface area (Å²) in [6.45, 7) is 4.60. The van der Waals surface area contributed by atoms with Crippen molar-refractivity contribution >= 4 is 11.8 Å². The van der Waals surface area contributed by atoms with Crippen molar-refractivity contribution < 1.29 is 22.9 Å². The van der Waals surface area contributed by atoms with Gasteiger partial charge in [-0.1, -0.05) is 65.8 Å². The van der Waals surface area contributed by atoms with Crippen molar-refractivity contribution in [2.24, 2.45) is 0 Å². The molecule has 1 fully saturated rings. The van der Waals surface area contributed by atoms with Crippen LogP contribution in [0.4, 0.5) is 8.78 Å². The maximum absolute atomic E-state index is 12.9. The van der Waals surface area contributed by atoms with Crippen LogP contribution in [0.3, 0.4) is 0 Å². The Bertz CT molecular complexity index is 1180. The standard InChI is InChI=1S/C26H27F2N5O3/c1-2-20(31-25(35)21-14-19(12-13-29-21)17-6-4-3-5-7-17)24(34)30-15-16-8-10-18(11-9-16)23-32-26(22(27)28)36-33-23/h2-11,19-22,29H,1,12-15H2,(H,30,34)(H,31,35)/t19-,20-,21+/m0/s1. The number of carbonyl (C=O) groups is 2. The summed E-state index contributed by atoms with van der Waals surface area (Å²) >= 11 is 0. The first-order valence-electron chi connectivity index (χ1n) is 11.6. The smallest absolute Gasteiger partial charge is 0.315 e. The Hall–Kier alpha value is -3.92. The molecule has 1 aromatic heterocycles. The number of carbonyl (C=O) groups excluding carboxylic acids is 2. The van der Waals surface area contributed by atoms with Crippen LogP contribution < -0.4 is 16.0 Å². The third kappa shape index (κ3) is 6.19. The first-order chi connectivity index (χ1) is 17.4. The highest BCUT2D eigenvalue weighted by atomic mass is 19.3. The minimum atomic E-state index is -2.83. The zero-order valence-electron chi connectivity index (χ0n) is 19.5. The molecule has 1 aliphatic heterocycles. The van der Waals surface area contributed by atoms with Gasteiger partial charge in [0.1, 0.15) is 6.04 Å². The Kier molecular flexibility index (Phi) is 8.17.